The van der Waals surface area contributed by atoms with E-state index in [0.717, 1.165) is 26.0 Å². The number of thiazole rings is 1. The summed E-state index contributed by atoms with van der Waals surface area (Å²) < 4.78 is 5.73. The van der Waals surface area contributed by atoms with Crippen LogP contribution in [0.5, 0.6) is 0 Å². The molecule has 0 aliphatic carbocycles. The fraction of sp³-hybridized carbons (Fsp3) is 0.750. The molecule has 1 aliphatic heterocycles. The molecular weight excluding hydrogens is 220 g/mol. The number of ether oxygens (including phenoxy) is 1. The minimum Gasteiger partial charge on any atom is -0.378 e. The Kier molecular flexibility index (Phi) is 4.75. The third kappa shape index (κ3) is 3.54. The predicted molar refractivity (Wildman–Crippen MR) is 66.6 cm³/mol. The molecule has 1 aromatic rings. The zero-order chi connectivity index (χ0) is 11.2. The van der Waals surface area contributed by atoms with Crippen LogP contribution in [0.25, 0.3) is 0 Å². The van der Waals surface area contributed by atoms with Gasteiger partial charge in [-0.1, -0.05) is 13.3 Å². The average molecular weight is 240 g/mol. The second-order valence-electron chi connectivity index (χ2n) is 4.31. The number of nitrogens with one attached hydrogen (secondary N) is 1. The Morgan fingerprint density at radius 3 is 3.31 bits per heavy atom. The first-order chi connectivity index (χ1) is 7.88. The molecule has 0 radical (unpaired) electrons. The van der Waals surface area contributed by atoms with Crippen molar-refractivity contribution < 1.29 is 4.74 Å². The summed E-state index contributed by atoms with van der Waals surface area (Å²) in [5.41, 5.74) is 0. The van der Waals surface area contributed by atoms with E-state index in [0.29, 0.717) is 12.1 Å². The van der Waals surface area contributed by atoms with Gasteiger partial charge in [-0.15, -0.1) is 11.3 Å². The van der Waals surface area contributed by atoms with Gasteiger partial charge in [0.25, 0.3) is 0 Å². The van der Waals surface area contributed by atoms with Gasteiger partial charge < -0.3 is 10.1 Å². The standard InChI is InChI=1S/C12H20N2OS/c1-2-3-11-8-10(4-6-15-11)14-9-12-13-5-7-16-12/h5,7,10-11,14H,2-4,6,8-9H2,1H3. The quantitative estimate of drug-likeness (QED) is 0.859. The maximum atomic E-state index is 5.73. The van der Waals surface area contributed by atoms with E-state index in [1.807, 2.05) is 11.6 Å². The van der Waals surface area contributed by atoms with E-state index in [1.165, 1.54) is 17.8 Å². The fourth-order valence-electron chi connectivity index (χ4n) is 2.16. The van der Waals surface area contributed by atoms with Gasteiger partial charge >= 0.3 is 0 Å². The molecule has 1 aliphatic rings. The molecule has 4 heteroatoms. The SMILES string of the molecule is CCCC1CC(NCc2nccs2)CCO1. The normalized spacial score (nSPS) is 25.8. The Morgan fingerprint density at radius 1 is 1.62 bits per heavy atom. The maximum absolute atomic E-state index is 5.73. The van der Waals surface area contributed by atoms with Crippen molar-refractivity contribution in [1.82, 2.24) is 10.3 Å². The summed E-state index contributed by atoms with van der Waals surface area (Å²) in [4.78, 5) is 4.28. The van der Waals surface area contributed by atoms with Crippen LogP contribution in [0.2, 0.25) is 0 Å². The summed E-state index contributed by atoms with van der Waals surface area (Å²) in [6.45, 7) is 4.03. The van der Waals surface area contributed by atoms with Crippen molar-refractivity contribution in [2.24, 2.45) is 0 Å². The minimum absolute atomic E-state index is 0.465. The highest BCUT2D eigenvalue weighted by Gasteiger charge is 2.21. The van der Waals surface area contributed by atoms with E-state index < -0.39 is 0 Å². The van der Waals surface area contributed by atoms with Gasteiger partial charge in [0.15, 0.2) is 0 Å². The van der Waals surface area contributed by atoms with Crippen molar-refractivity contribution in [2.75, 3.05) is 6.61 Å². The van der Waals surface area contributed by atoms with E-state index in [-0.39, 0.29) is 0 Å². The van der Waals surface area contributed by atoms with Crippen molar-refractivity contribution >= 4 is 11.3 Å². The first kappa shape index (κ1) is 12.0. The molecule has 1 aromatic heterocycles. The first-order valence-electron chi connectivity index (χ1n) is 6.12. The van der Waals surface area contributed by atoms with Gasteiger partial charge in [-0.3, -0.25) is 0 Å². The number of aromatic nitrogens is 1. The van der Waals surface area contributed by atoms with Crippen LogP contribution in [0.15, 0.2) is 11.6 Å². The van der Waals surface area contributed by atoms with Crippen LogP contribution < -0.4 is 5.32 Å². The second-order valence-corrected chi connectivity index (χ2v) is 5.29. The van der Waals surface area contributed by atoms with E-state index in [2.05, 4.69) is 17.2 Å². The van der Waals surface area contributed by atoms with Gasteiger partial charge in [0.05, 0.1) is 6.10 Å². The highest BCUT2D eigenvalue weighted by atomic mass is 32.1. The molecule has 0 saturated carbocycles. The van der Waals surface area contributed by atoms with Gasteiger partial charge in [-0.2, -0.15) is 0 Å². The summed E-state index contributed by atoms with van der Waals surface area (Å²) in [5.74, 6) is 0. The Balaban J connectivity index is 1.72. The number of hydrogen-bond acceptors (Lipinski definition) is 4. The Labute approximate surface area is 101 Å². The molecular formula is C12H20N2OS. The van der Waals surface area contributed by atoms with Crippen LogP contribution in [-0.2, 0) is 11.3 Å². The topological polar surface area (TPSA) is 34.2 Å². The van der Waals surface area contributed by atoms with Crippen LogP contribution in [0.1, 0.15) is 37.6 Å². The zero-order valence-corrected chi connectivity index (χ0v) is 10.6. The second kappa shape index (κ2) is 6.33. The molecule has 0 amide bonds. The Hall–Kier alpha value is -0.450. The monoisotopic (exact) mass is 240 g/mol. The van der Waals surface area contributed by atoms with Crippen LogP contribution in [0.3, 0.4) is 0 Å². The molecule has 1 saturated heterocycles. The van der Waals surface area contributed by atoms with Crippen LogP contribution >= 0.6 is 11.3 Å². The number of nitrogens with zero attached hydrogens (tertiary/aromatic N) is 1. The van der Waals surface area contributed by atoms with Gasteiger partial charge in [0.2, 0.25) is 0 Å². The van der Waals surface area contributed by atoms with E-state index in [1.54, 1.807) is 11.3 Å². The van der Waals surface area contributed by atoms with Gasteiger partial charge in [-0.05, 0) is 19.3 Å². The summed E-state index contributed by atoms with van der Waals surface area (Å²) >= 11 is 1.72. The van der Waals surface area contributed by atoms with Gasteiger partial charge in [0, 0.05) is 30.8 Å². The van der Waals surface area contributed by atoms with Crippen molar-refractivity contribution in [3.63, 3.8) is 0 Å². The molecule has 1 N–H and O–H groups in total. The molecule has 2 atom stereocenters. The highest BCUT2D eigenvalue weighted by molar-refractivity contribution is 7.09. The molecule has 16 heavy (non-hydrogen) atoms. The molecule has 3 nitrogen and oxygen atoms in total. The lowest BCUT2D eigenvalue weighted by Crippen LogP contribution is -2.38. The highest BCUT2D eigenvalue weighted by Crippen LogP contribution is 2.18. The number of hydrogen-bond donors (Lipinski definition) is 1. The van der Waals surface area contributed by atoms with Gasteiger partial charge in [0.1, 0.15) is 5.01 Å². The lowest BCUT2D eigenvalue weighted by molar-refractivity contribution is -0.00343. The lowest BCUT2D eigenvalue weighted by atomic mass is 10.0. The summed E-state index contributed by atoms with van der Waals surface area (Å²) in [7, 11) is 0. The largest absolute Gasteiger partial charge is 0.378 e. The van der Waals surface area contributed by atoms with Gasteiger partial charge in [-0.25, -0.2) is 4.98 Å². The molecule has 0 spiro atoms. The Morgan fingerprint density at radius 2 is 2.56 bits per heavy atom. The average Bonchev–Trinajstić information content (AvgIpc) is 2.80. The summed E-state index contributed by atoms with van der Waals surface area (Å²) in [6, 6.07) is 0.606. The van der Waals surface area contributed by atoms with Crippen LogP contribution in [-0.4, -0.2) is 23.7 Å². The van der Waals surface area contributed by atoms with Crippen molar-refractivity contribution in [3.8, 4) is 0 Å². The van der Waals surface area contributed by atoms with Crippen LogP contribution in [0, 0.1) is 0 Å². The molecule has 2 rings (SSSR count). The van der Waals surface area contributed by atoms with Crippen molar-refractivity contribution in [1.29, 1.82) is 0 Å². The third-order valence-electron chi connectivity index (χ3n) is 3.00. The molecule has 90 valence electrons. The molecule has 2 unspecified atom stereocenters. The smallest absolute Gasteiger partial charge is 0.106 e. The maximum Gasteiger partial charge on any atom is 0.106 e. The molecule has 0 bridgehead atoms. The van der Waals surface area contributed by atoms with Crippen molar-refractivity contribution in [3.05, 3.63) is 16.6 Å². The first-order valence-corrected chi connectivity index (χ1v) is 6.99. The van der Waals surface area contributed by atoms with Crippen molar-refractivity contribution in [2.45, 2.75) is 51.3 Å². The third-order valence-corrected chi connectivity index (χ3v) is 3.78. The summed E-state index contributed by atoms with van der Waals surface area (Å²) in [6.07, 6.45) is 7.02. The molecule has 0 aromatic carbocycles. The minimum atomic E-state index is 0.465. The van der Waals surface area contributed by atoms with E-state index >= 15 is 0 Å². The predicted octanol–water partition coefficient (Wildman–Crippen LogP) is 2.58. The molecule has 1 fully saturated rings. The zero-order valence-electron chi connectivity index (χ0n) is 9.82. The van der Waals surface area contributed by atoms with Crippen LogP contribution in [0.4, 0.5) is 0 Å². The fourth-order valence-corrected chi connectivity index (χ4v) is 2.73. The van der Waals surface area contributed by atoms with E-state index in [4.69, 9.17) is 4.74 Å². The molecule has 2 heterocycles. The van der Waals surface area contributed by atoms with E-state index in [9.17, 15) is 0 Å². The Bertz CT molecular complexity index is 287. The number of rotatable bonds is 5. The lowest BCUT2D eigenvalue weighted by Gasteiger charge is -2.30. The summed E-state index contributed by atoms with van der Waals surface area (Å²) in [5, 5.41) is 6.79.